The van der Waals surface area contributed by atoms with E-state index in [2.05, 4.69) is 49.5 Å². The Morgan fingerprint density at radius 1 is 1.05 bits per heavy atom. The first-order valence-electron chi connectivity index (χ1n) is 7.64. The van der Waals surface area contributed by atoms with Crippen molar-refractivity contribution >= 4 is 19.0 Å². The number of carbonyl (C=O) groups is 1. The van der Waals surface area contributed by atoms with Gasteiger partial charge in [0.25, 0.3) is 0 Å². The van der Waals surface area contributed by atoms with E-state index in [1.807, 2.05) is 18.2 Å². The molecule has 0 N–H and O–H groups in total. The van der Waals surface area contributed by atoms with Gasteiger partial charge in [-0.3, -0.25) is 0 Å². The van der Waals surface area contributed by atoms with Crippen molar-refractivity contribution in [3.05, 3.63) is 60.2 Å². The lowest BCUT2D eigenvalue weighted by molar-refractivity contribution is -0.117. The molecule has 0 amide bonds. The highest BCUT2D eigenvalue weighted by atomic mass is 28.3. The fraction of sp³-hybridized carbons (Fsp3) is 0.316. The Morgan fingerprint density at radius 3 is 2.14 bits per heavy atom. The molecule has 0 bridgehead atoms. The van der Waals surface area contributed by atoms with Crippen molar-refractivity contribution in [2.75, 3.05) is 7.11 Å². The number of ketones is 1. The smallest absolute Gasteiger partial charge is 0.130 e. The Labute approximate surface area is 134 Å². The first kappa shape index (κ1) is 16.5. The fourth-order valence-electron chi connectivity index (χ4n) is 2.98. The third-order valence-electron chi connectivity index (χ3n) is 4.40. The third-order valence-corrected chi connectivity index (χ3v) is 8.50. The maximum absolute atomic E-state index is 11.8. The molecule has 0 aliphatic carbocycles. The van der Waals surface area contributed by atoms with Gasteiger partial charge < -0.3 is 9.53 Å². The Hall–Kier alpha value is -1.87. The molecule has 0 fully saturated rings. The zero-order chi connectivity index (χ0) is 16.2. The van der Waals surface area contributed by atoms with Gasteiger partial charge in [0.1, 0.15) is 11.5 Å². The van der Waals surface area contributed by atoms with E-state index in [1.54, 1.807) is 14.0 Å². The Morgan fingerprint density at radius 2 is 1.64 bits per heavy atom. The lowest BCUT2D eigenvalue weighted by Gasteiger charge is -2.33. The summed E-state index contributed by atoms with van der Waals surface area (Å²) in [5.41, 5.74) is 1.51. The van der Waals surface area contributed by atoms with Crippen LogP contribution in [-0.4, -0.2) is 21.0 Å². The number of carbonyl (C=O) groups excluding carboxylic acids is 1. The summed E-state index contributed by atoms with van der Waals surface area (Å²) in [6, 6.07) is 18.8. The van der Waals surface area contributed by atoms with Crippen LogP contribution in [-0.2, 0) is 4.79 Å². The highest BCUT2D eigenvalue weighted by molar-refractivity contribution is 6.91. The molecule has 0 unspecified atom stereocenters. The number of ether oxygens (including phenoxy) is 1. The van der Waals surface area contributed by atoms with E-state index in [0.29, 0.717) is 6.42 Å². The van der Waals surface area contributed by atoms with Crippen molar-refractivity contribution in [1.82, 2.24) is 0 Å². The highest BCUT2D eigenvalue weighted by Crippen LogP contribution is 2.31. The van der Waals surface area contributed by atoms with Crippen LogP contribution in [0.25, 0.3) is 0 Å². The highest BCUT2D eigenvalue weighted by Gasteiger charge is 2.35. The van der Waals surface area contributed by atoms with E-state index in [4.69, 9.17) is 4.74 Å². The molecule has 0 spiro atoms. The zero-order valence-electron chi connectivity index (χ0n) is 13.8. The van der Waals surface area contributed by atoms with Gasteiger partial charge in [-0.15, -0.1) is 0 Å². The quantitative estimate of drug-likeness (QED) is 0.756. The van der Waals surface area contributed by atoms with Crippen LogP contribution in [0, 0.1) is 0 Å². The Kier molecular flexibility index (Phi) is 5.19. The molecular formula is C19H24O2Si. The molecule has 22 heavy (non-hydrogen) atoms. The lowest BCUT2D eigenvalue weighted by Crippen LogP contribution is -2.48. The van der Waals surface area contributed by atoms with Gasteiger partial charge in [0, 0.05) is 6.42 Å². The van der Waals surface area contributed by atoms with Crippen molar-refractivity contribution in [3.63, 3.8) is 0 Å². The number of Topliss-reactive ketones (excluding diaryl/α,β-unsaturated/α-hetero) is 1. The first-order chi connectivity index (χ1) is 10.4. The molecular weight excluding hydrogens is 288 g/mol. The molecule has 0 aliphatic heterocycles. The molecule has 2 nitrogen and oxygen atoms in total. The van der Waals surface area contributed by atoms with Crippen molar-refractivity contribution in [3.8, 4) is 5.75 Å². The molecule has 1 atom stereocenters. The van der Waals surface area contributed by atoms with E-state index in [0.717, 1.165) is 5.75 Å². The summed E-state index contributed by atoms with van der Waals surface area (Å²) in [4.78, 5) is 11.8. The predicted octanol–water partition coefficient (Wildman–Crippen LogP) is 3.91. The third kappa shape index (κ3) is 3.66. The Balaban J connectivity index is 2.42. The molecule has 116 valence electrons. The van der Waals surface area contributed by atoms with Gasteiger partial charge in [-0.05, 0) is 30.2 Å². The summed E-state index contributed by atoms with van der Waals surface area (Å²) < 4.78 is 5.24. The number of benzene rings is 2. The SMILES string of the molecule is COc1ccc([C@@H](CC(C)=O)[Si](C)(C)c2ccccc2)cc1. The summed E-state index contributed by atoms with van der Waals surface area (Å²) in [6.07, 6.45) is 0.598. The van der Waals surface area contributed by atoms with Gasteiger partial charge in [-0.2, -0.15) is 0 Å². The topological polar surface area (TPSA) is 26.3 Å². The van der Waals surface area contributed by atoms with E-state index >= 15 is 0 Å². The minimum absolute atomic E-state index is 0.248. The summed E-state index contributed by atoms with van der Waals surface area (Å²) >= 11 is 0. The van der Waals surface area contributed by atoms with Gasteiger partial charge in [-0.25, -0.2) is 0 Å². The maximum Gasteiger partial charge on any atom is 0.130 e. The van der Waals surface area contributed by atoms with Gasteiger partial charge in [0.15, 0.2) is 0 Å². The largest absolute Gasteiger partial charge is 0.497 e. The van der Waals surface area contributed by atoms with Crippen LogP contribution < -0.4 is 9.92 Å². The monoisotopic (exact) mass is 312 g/mol. The Bertz CT molecular complexity index is 618. The first-order valence-corrected chi connectivity index (χ1v) is 10.7. The van der Waals surface area contributed by atoms with E-state index < -0.39 is 8.07 Å². The molecule has 0 saturated carbocycles. The normalized spacial score (nSPS) is 12.7. The molecule has 2 aromatic rings. The molecule has 0 aliphatic rings. The second kappa shape index (κ2) is 6.92. The van der Waals surface area contributed by atoms with Crippen LogP contribution in [0.5, 0.6) is 5.75 Å². The number of hydrogen-bond donors (Lipinski definition) is 0. The van der Waals surface area contributed by atoms with Crippen LogP contribution in [0.3, 0.4) is 0 Å². The fourth-order valence-corrected chi connectivity index (χ4v) is 6.26. The van der Waals surface area contributed by atoms with Gasteiger partial charge in [0.2, 0.25) is 0 Å². The molecule has 0 heterocycles. The average Bonchev–Trinajstić information content (AvgIpc) is 2.53. The van der Waals surface area contributed by atoms with Gasteiger partial charge >= 0.3 is 0 Å². The summed E-state index contributed by atoms with van der Waals surface area (Å²) in [5, 5.41) is 1.39. The van der Waals surface area contributed by atoms with Gasteiger partial charge in [-0.1, -0.05) is 60.7 Å². The van der Waals surface area contributed by atoms with Crippen LogP contribution in [0.15, 0.2) is 54.6 Å². The van der Waals surface area contributed by atoms with Crippen LogP contribution in [0.4, 0.5) is 0 Å². The number of rotatable bonds is 6. The number of methoxy groups -OCH3 is 1. The van der Waals surface area contributed by atoms with Crippen molar-refractivity contribution < 1.29 is 9.53 Å². The maximum atomic E-state index is 11.8. The summed E-state index contributed by atoms with van der Waals surface area (Å²) in [7, 11) is -0.130. The van der Waals surface area contributed by atoms with Crippen molar-refractivity contribution in [2.24, 2.45) is 0 Å². The predicted molar refractivity (Wildman–Crippen MR) is 94.6 cm³/mol. The molecule has 2 aromatic carbocycles. The zero-order valence-corrected chi connectivity index (χ0v) is 14.8. The van der Waals surface area contributed by atoms with E-state index in [9.17, 15) is 4.79 Å². The van der Waals surface area contributed by atoms with E-state index in [-0.39, 0.29) is 11.3 Å². The molecule has 3 heteroatoms. The lowest BCUT2D eigenvalue weighted by atomic mass is 10.1. The van der Waals surface area contributed by atoms with Crippen LogP contribution in [0.1, 0.15) is 24.4 Å². The molecule has 0 radical (unpaired) electrons. The van der Waals surface area contributed by atoms with Crippen molar-refractivity contribution in [2.45, 2.75) is 32.0 Å². The second-order valence-electron chi connectivity index (χ2n) is 6.32. The summed E-state index contributed by atoms with van der Waals surface area (Å²) in [5.74, 6) is 1.10. The van der Waals surface area contributed by atoms with Crippen molar-refractivity contribution in [1.29, 1.82) is 0 Å². The second-order valence-corrected chi connectivity index (χ2v) is 11.0. The van der Waals surface area contributed by atoms with Crippen LogP contribution >= 0.6 is 0 Å². The minimum atomic E-state index is -1.80. The van der Waals surface area contributed by atoms with Gasteiger partial charge in [0.05, 0.1) is 15.2 Å². The standard InChI is InChI=1S/C19H24O2Si/c1-15(20)14-19(16-10-12-17(21-2)13-11-16)22(3,4)18-8-6-5-7-9-18/h5-13,19H,14H2,1-4H3/t19-/m1/s1. The van der Waals surface area contributed by atoms with E-state index in [1.165, 1.54) is 10.8 Å². The summed E-state index contributed by atoms with van der Waals surface area (Å²) in [6.45, 7) is 6.38. The van der Waals surface area contributed by atoms with Crippen LogP contribution in [0.2, 0.25) is 13.1 Å². The molecule has 2 rings (SSSR count). The molecule has 0 saturated heterocycles. The molecule has 0 aromatic heterocycles. The average molecular weight is 312 g/mol. The number of hydrogen-bond acceptors (Lipinski definition) is 2. The minimum Gasteiger partial charge on any atom is -0.497 e.